The van der Waals surface area contributed by atoms with E-state index < -0.39 is 0 Å². The summed E-state index contributed by atoms with van der Waals surface area (Å²) in [5.74, 6) is 2.03. The maximum Gasteiger partial charge on any atom is 0.261 e. The Bertz CT molecular complexity index is 1070. The second kappa shape index (κ2) is 22.2. The Morgan fingerprint density at radius 1 is 0.581 bits per heavy atom. The van der Waals surface area contributed by atoms with E-state index in [1.165, 1.54) is 138 Å². The van der Waals surface area contributed by atoms with Gasteiger partial charge < -0.3 is 0 Å². The van der Waals surface area contributed by atoms with Crippen molar-refractivity contribution in [1.29, 1.82) is 0 Å². The molecular formula is C41H65N2+. The van der Waals surface area contributed by atoms with Gasteiger partial charge in [0.25, 0.3) is 5.82 Å². The van der Waals surface area contributed by atoms with Gasteiger partial charge in [0, 0.05) is 6.42 Å². The van der Waals surface area contributed by atoms with Crippen LogP contribution < -0.4 is 4.57 Å². The van der Waals surface area contributed by atoms with Crippen LogP contribution in [-0.4, -0.2) is 4.57 Å². The number of hydrogen-bond acceptors (Lipinski definition) is 0. The van der Waals surface area contributed by atoms with E-state index in [0.717, 1.165) is 25.9 Å². The molecule has 0 aliphatic rings. The molecule has 0 bridgehead atoms. The second-order valence-corrected chi connectivity index (χ2v) is 13.2. The Balaban J connectivity index is 1.56. The minimum absolute atomic E-state index is 0.518. The molecule has 1 heterocycles. The highest BCUT2D eigenvalue weighted by Crippen LogP contribution is 2.22. The van der Waals surface area contributed by atoms with Crippen LogP contribution in [0.25, 0.3) is 0 Å². The lowest BCUT2D eigenvalue weighted by molar-refractivity contribution is -0.704. The van der Waals surface area contributed by atoms with Gasteiger partial charge in [0.2, 0.25) is 0 Å². The van der Waals surface area contributed by atoms with Gasteiger partial charge in [0.15, 0.2) is 0 Å². The van der Waals surface area contributed by atoms with Crippen LogP contribution in [0.2, 0.25) is 0 Å². The summed E-state index contributed by atoms with van der Waals surface area (Å²) in [5.41, 5.74) is 4.39. The number of benzene rings is 2. The van der Waals surface area contributed by atoms with Crippen LogP contribution in [-0.2, 0) is 25.9 Å². The van der Waals surface area contributed by atoms with Crippen LogP contribution in [0.15, 0.2) is 66.9 Å². The minimum atomic E-state index is 0.518. The fourth-order valence-corrected chi connectivity index (χ4v) is 6.64. The third-order valence-corrected chi connectivity index (χ3v) is 9.37. The molecule has 0 spiro atoms. The maximum absolute atomic E-state index is 2.71. The van der Waals surface area contributed by atoms with Crippen LogP contribution in [0.3, 0.4) is 0 Å². The molecule has 0 aliphatic heterocycles. The zero-order valence-electron chi connectivity index (χ0n) is 28.4. The standard InChI is InChI=1S/C41H65N2/c1-4-6-8-10-11-12-13-14-15-16-17-18-19-26-32-42-36-40(34-37(3)39-30-24-21-25-31-39)43(33-27-9-7-5-2)41(42)35-38-28-22-20-23-29-38/h20-25,28-31,36-37H,4-19,26-27,32-35H2,1-3H3/q+1. The molecule has 238 valence electrons. The summed E-state index contributed by atoms with van der Waals surface area (Å²) in [4.78, 5) is 0. The first kappa shape index (κ1) is 35.1. The summed E-state index contributed by atoms with van der Waals surface area (Å²) in [6.07, 6.45) is 29.7. The summed E-state index contributed by atoms with van der Waals surface area (Å²) < 4.78 is 5.35. The predicted molar refractivity (Wildman–Crippen MR) is 187 cm³/mol. The third-order valence-electron chi connectivity index (χ3n) is 9.37. The molecule has 1 unspecified atom stereocenters. The molecule has 0 radical (unpaired) electrons. The second-order valence-electron chi connectivity index (χ2n) is 13.2. The Morgan fingerprint density at radius 3 is 1.63 bits per heavy atom. The van der Waals surface area contributed by atoms with E-state index in [9.17, 15) is 0 Å². The molecule has 43 heavy (non-hydrogen) atoms. The lowest BCUT2D eigenvalue weighted by atomic mass is 9.96. The summed E-state index contributed by atoms with van der Waals surface area (Å²) in [5, 5.41) is 0. The first-order valence-electron chi connectivity index (χ1n) is 18.4. The number of aromatic nitrogens is 2. The first-order valence-corrected chi connectivity index (χ1v) is 18.4. The van der Waals surface area contributed by atoms with Crippen molar-refractivity contribution in [3.05, 3.63) is 89.5 Å². The van der Waals surface area contributed by atoms with Gasteiger partial charge in [0.1, 0.15) is 11.9 Å². The zero-order chi connectivity index (χ0) is 30.4. The molecule has 1 aromatic heterocycles. The van der Waals surface area contributed by atoms with Crippen molar-refractivity contribution in [2.45, 2.75) is 168 Å². The summed E-state index contributed by atoms with van der Waals surface area (Å²) in [7, 11) is 0. The van der Waals surface area contributed by atoms with E-state index in [-0.39, 0.29) is 0 Å². The number of rotatable bonds is 25. The molecule has 3 rings (SSSR count). The van der Waals surface area contributed by atoms with Crippen molar-refractivity contribution in [3.63, 3.8) is 0 Å². The largest absolute Gasteiger partial charge is 0.261 e. The van der Waals surface area contributed by atoms with Gasteiger partial charge in [-0.25, -0.2) is 9.13 Å². The molecule has 2 heteroatoms. The molecular weight excluding hydrogens is 520 g/mol. The average Bonchev–Trinajstić information content (AvgIpc) is 3.35. The van der Waals surface area contributed by atoms with E-state index in [1.807, 2.05) is 0 Å². The van der Waals surface area contributed by atoms with Crippen molar-refractivity contribution in [1.82, 2.24) is 4.57 Å². The summed E-state index contributed by atoms with van der Waals surface area (Å²) in [6.45, 7) is 9.31. The topological polar surface area (TPSA) is 8.81 Å². The zero-order valence-corrected chi connectivity index (χ0v) is 28.4. The van der Waals surface area contributed by atoms with Crippen LogP contribution in [0.1, 0.15) is 165 Å². The first-order chi connectivity index (χ1) is 21.2. The Hall–Kier alpha value is -2.35. The highest BCUT2D eigenvalue weighted by molar-refractivity contribution is 5.22. The molecule has 0 fully saturated rings. The molecule has 0 N–H and O–H groups in total. The van der Waals surface area contributed by atoms with Gasteiger partial charge in [-0.1, -0.05) is 171 Å². The van der Waals surface area contributed by atoms with Crippen molar-refractivity contribution in [2.24, 2.45) is 0 Å². The predicted octanol–water partition coefficient (Wildman–Crippen LogP) is 11.8. The van der Waals surface area contributed by atoms with Gasteiger partial charge in [-0.15, -0.1) is 0 Å². The molecule has 0 amide bonds. The van der Waals surface area contributed by atoms with E-state index in [0.29, 0.717) is 5.92 Å². The van der Waals surface area contributed by atoms with Crippen molar-refractivity contribution in [2.75, 3.05) is 0 Å². The Labute approximate surface area is 266 Å². The Morgan fingerprint density at radius 2 is 1.07 bits per heavy atom. The highest BCUT2D eigenvalue weighted by atomic mass is 15.2. The monoisotopic (exact) mass is 586 g/mol. The molecule has 3 aromatic rings. The van der Waals surface area contributed by atoms with Crippen molar-refractivity contribution >= 4 is 0 Å². The van der Waals surface area contributed by atoms with Gasteiger partial charge in [-0.05, 0) is 42.7 Å². The Kier molecular flexibility index (Phi) is 18.1. The van der Waals surface area contributed by atoms with E-state index in [2.05, 4.69) is 96.8 Å². The van der Waals surface area contributed by atoms with Crippen LogP contribution in [0.5, 0.6) is 0 Å². The van der Waals surface area contributed by atoms with Crippen LogP contribution in [0, 0.1) is 0 Å². The SMILES string of the molecule is CCCCCCCCCCCCCCCC[n+]1cc(CC(C)c2ccccc2)n(CCCCCC)c1Cc1ccccc1. The van der Waals surface area contributed by atoms with Gasteiger partial charge in [-0.2, -0.15) is 0 Å². The maximum atomic E-state index is 2.71. The lowest BCUT2D eigenvalue weighted by Crippen LogP contribution is -2.37. The van der Waals surface area contributed by atoms with Crippen molar-refractivity contribution < 1.29 is 4.57 Å². The molecule has 0 saturated carbocycles. The lowest BCUT2D eigenvalue weighted by Gasteiger charge is -2.12. The molecule has 0 saturated heterocycles. The number of hydrogen-bond donors (Lipinski definition) is 0. The molecule has 2 aromatic carbocycles. The summed E-state index contributed by atoms with van der Waals surface area (Å²) >= 11 is 0. The van der Waals surface area contributed by atoms with Gasteiger partial charge in [0.05, 0.1) is 19.5 Å². The smallest absolute Gasteiger partial charge is 0.234 e. The quantitative estimate of drug-likeness (QED) is 0.0690. The highest BCUT2D eigenvalue weighted by Gasteiger charge is 2.25. The van der Waals surface area contributed by atoms with E-state index in [1.54, 1.807) is 0 Å². The third kappa shape index (κ3) is 13.9. The fourth-order valence-electron chi connectivity index (χ4n) is 6.64. The molecule has 1 atom stereocenters. The fraction of sp³-hybridized carbons (Fsp3) is 0.634. The van der Waals surface area contributed by atoms with Crippen LogP contribution >= 0.6 is 0 Å². The van der Waals surface area contributed by atoms with Gasteiger partial charge >= 0.3 is 0 Å². The summed E-state index contributed by atoms with van der Waals surface area (Å²) in [6, 6.07) is 22.2. The number of imidazole rings is 1. The average molecular weight is 586 g/mol. The number of unbranched alkanes of at least 4 members (excludes halogenated alkanes) is 16. The number of aryl methyl sites for hydroxylation is 1. The van der Waals surface area contributed by atoms with E-state index in [4.69, 9.17) is 0 Å². The number of nitrogens with zero attached hydrogens (tertiary/aromatic N) is 2. The normalized spacial score (nSPS) is 12.2. The molecule has 0 aliphatic carbocycles. The minimum Gasteiger partial charge on any atom is -0.234 e. The van der Waals surface area contributed by atoms with Gasteiger partial charge in [-0.3, -0.25) is 0 Å². The molecule has 2 nitrogen and oxygen atoms in total. The van der Waals surface area contributed by atoms with Crippen molar-refractivity contribution in [3.8, 4) is 0 Å². The van der Waals surface area contributed by atoms with Crippen LogP contribution in [0.4, 0.5) is 0 Å². The van der Waals surface area contributed by atoms with E-state index >= 15 is 0 Å².